The molecule has 1 fully saturated rings. The molecule has 1 saturated heterocycles. The van der Waals surface area contributed by atoms with Crippen LogP contribution in [-0.2, 0) is 14.3 Å². The van der Waals surface area contributed by atoms with Gasteiger partial charge in [0.25, 0.3) is 17.7 Å². The average molecular weight is 387 g/mol. The third-order valence-electron chi connectivity index (χ3n) is 4.60. The second-order valence-electron chi connectivity index (χ2n) is 7.06. The van der Waals surface area contributed by atoms with E-state index in [-0.39, 0.29) is 30.0 Å². The zero-order valence-corrected chi connectivity index (χ0v) is 15.6. The van der Waals surface area contributed by atoms with Gasteiger partial charge in [0.1, 0.15) is 6.04 Å². The van der Waals surface area contributed by atoms with Crippen molar-refractivity contribution in [2.75, 3.05) is 19.7 Å². The van der Waals surface area contributed by atoms with E-state index >= 15 is 0 Å². The van der Waals surface area contributed by atoms with Crippen LogP contribution in [0.2, 0.25) is 0 Å². The second kappa shape index (κ2) is 7.79. The highest BCUT2D eigenvalue weighted by molar-refractivity contribution is 6.22. The van der Waals surface area contributed by atoms with Crippen molar-refractivity contribution < 1.29 is 28.7 Å². The van der Waals surface area contributed by atoms with Gasteiger partial charge in [0.15, 0.2) is 6.61 Å². The van der Waals surface area contributed by atoms with E-state index in [1.54, 1.807) is 12.1 Å². The maximum atomic E-state index is 12.7. The third kappa shape index (κ3) is 3.60. The Morgan fingerprint density at radius 2 is 1.71 bits per heavy atom. The monoisotopic (exact) mass is 387 g/mol. The maximum absolute atomic E-state index is 12.7. The minimum atomic E-state index is -1.15. The molecule has 0 radical (unpaired) electrons. The molecule has 0 bridgehead atoms. The lowest BCUT2D eigenvalue weighted by molar-refractivity contribution is -0.154. The van der Waals surface area contributed by atoms with E-state index in [4.69, 9.17) is 4.74 Å². The molecule has 1 aromatic carbocycles. The number of ether oxygens (including phenoxy) is 1. The van der Waals surface area contributed by atoms with Crippen LogP contribution in [0.4, 0.5) is 4.79 Å². The summed E-state index contributed by atoms with van der Waals surface area (Å²) in [6, 6.07) is 4.66. The van der Waals surface area contributed by atoms with Crippen molar-refractivity contribution in [1.82, 2.24) is 15.1 Å². The number of benzene rings is 1. The smallest absolute Gasteiger partial charge is 0.329 e. The Morgan fingerprint density at radius 1 is 1.11 bits per heavy atom. The van der Waals surface area contributed by atoms with Crippen LogP contribution in [0.15, 0.2) is 24.3 Å². The summed E-state index contributed by atoms with van der Waals surface area (Å²) in [6.07, 6.45) is 0.197. The Bertz CT molecular complexity index is 815. The van der Waals surface area contributed by atoms with Crippen molar-refractivity contribution in [3.8, 4) is 0 Å². The number of amides is 5. The van der Waals surface area contributed by atoms with E-state index in [1.807, 2.05) is 13.8 Å². The molecule has 2 aliphatic heterocycles. The maximum Gasteiger partial charge on any atom is 0.329 e. The van der Waals surface area contributed by atoms with Gasteiger partial charge >= 0.3 is 12.0 Å². The zero-order valence-electron chi connectivity index (χ0n) is 15.6. The van der Waals surface area contributed by atoms with Crippen LogP contribution in [0.3, 0.4) is 0 Å². The molecule has 1 atom stereocenters. The zero-order chi connectivity index (χ0) is 20.4. The summed E-state index contributed by atoms with van der Waals surface area (Å²) in [4.78, 5) is 63.5. The van der Waals surface area contributed by atoms with E-state index in [0.717, 1.165) is 9.80 Å². The van der Waals surface area contributed by atoms with Gasteiger partial charge in [-0.15, -0.1) is 0 Å². The fraction of sp³-hybridized carbons (Fsp3) is 0.421. The number of rotatable bonds is 6. The van der Waals surface area contributed by atoms with Crippen molar-refractivity contribution in [3.63, 3.8) is 0 Å². The number of hydrogen-bond acceptors (Lipinski definition) is 6. The van der Waals surface area contributed by atoms with Crippen LogP contribution in [0.1, 0.15) is 41.0 Å². The number of esters is 1. The van der Waals surface area contributed by atoms with Gasteiger partial charge in [0, 0.05) is 13.1 Å². The quantitative estimate of drug-likeness (QED) is 0.570. The molecule has 3 rings (SSSR count). The molecular weight excluding hydrogens is 366 g/mol. The van der Waals surface area contributed by atoms with E-state index in [2.05, 4.69) is 5.32 Å². The first kappa shape index (κ1) is 19.5. The van der Waals surface area contributed by atoms with E-state index in [1.165, 1.54) is 12.1 Å². The van der Waals surface area contributed by atoms with Gasteiger partial charge in [0.2, 0.25) is 0 Å². The molecule has 2 aliphatic rings. The highest BCUT2D eigenvalue weighted by atomic mass is 16.5. The molecule has 0 aromatic heterocycles. The molecule has 1 aromatic rings. The van der Waals surface area contributed by atoms with Gasteiger partial charge in [-0.3, -0.25) is 24.2 Å². The summed E-state index contributed by atoms with van der Waals surface area (Å²) in [5.41, 5.74) is 0.470. The minimum Gasteiger partial charge on any atom is -0.454 e. The van der Waals surface area contributed by atoms with Crippen LogP contribution in [0.25, 0.3) is 0 Å². The number of nitrogens with zero attached hydrogens (tertiary/aromatic N) is 2. The summed E-state index contributed by atoms with van der Waals surface area (Å²) in [5.74, 6) is -2.64. The fourth-order valence-corrected chi connectivity index (χ4v) is 3.26. The first-order chi connectivity index (χ1) is 13.3. The van der Waals surface area contributed by atoms with Crippen LogP contribution in [-0.4, -0.2) is 65.3 Å². The van der Waals surface area contributed by atoms with Gasteiger partial charge in [-0.1, -0.05) is 26.0 Å². The molecule has 0 spiro atoms. The molecule has 9 nitrogen and oxygen atoms in total. The van der Waals surface area contributed by atoms with E-state index < -0.39 is 42.4 Å². The Kier molecular flexibility index (Phi) is 5.43. The summed E-state index contributed by atoms with van der Waals surface area (Å²) >= 11 is 0. The molecule has 148 valence electrons. The van der Waals surface area contributed by atoms with Gasteiger partial charge in [-0.2, -0.15) is 0 Å². The number of nitrogens with one attached hydrogen (secondary N) is 1. The molecule has 5 amide bonds. The number of fused-ring (bicyclic) bond motifs is 1. The first-order valence-electron chi connectivity index (χ1n) is 9.03. The van der Waals surface area contributed by atoms with Crippen molar-refractivity contribution in [2.24, 2.45) is 5.92 Å². The van der Waals surface area contributed by atoms with Crippen LogP contribution >= 0.6 is 0 Å². The van der Waals surface area contributed by atoms with Crippen molar-refractivity contribution in [1.29, 1.82) is 0 Å². The highest BCUT2D eigenvalue weighted by Crippen LogP contribution is 2.27. The lowest BCUT2D eigenvalue weighted by atomic mass is 10.0. The first-order valence-corrected chi connectivity index (χ1v) is 9.03. The number of imide groups is 2. The topological polar surface area (TPSA) is 113 Å². The Morgan fingerprint density at radius 3 is 2.21 bits per heavy atom. The van der Waals surface area contributed by atoms with Gasteiger partial charge in [-0.05, 0) is 24.5 Å². The average Bonchev–Trinajstić information content (AvgIpc) is 3.20. The molecule has 0 unspecified atom stereocenters. The molecule has 0 aliphatic carbocycles. The predicted octanol–water partition coefficient (Wildman–Crippen LogP) is 0.792. The number of urea groups is 1. The number of carbonyl (C=O) groups is 5. The Labute approximate surface area is 161 Å². The second-order valence-corrected chi connectivity index (χ2v) is 7.06. The molecule has 0 saturated carbocycles. The number of carbonyl (C=O) groups excluding carboxylic acids is 5. The Balaban J connectivity index is 1.74. The SMILES string of the molecule is CC(C)C[C@H](C(=O)OCC(=O)N1CCNC1=O)N1C(=O)c2ccccc2C1=O. The fourth-order valence-electron chi connectivity index (χ4n) is 3.26. The third-order valence-corrected chi connectivity index (χ3v) is 4.60. The highest BCUT2D eigenvalue weighted by Gasteiger charge is 2.43. The summed E-state index contributed by atoms with van der Waals surface area (Å²) < 4.78 is 5.08. The molecule has 9 heteroatoms. The molecule has 1 N–H and O–H groups in total. The molecule has 2 heterocycles. The van der Waals surface area contributed by atoms with Gasteiger partial charge in [-0.25, -0.2) is 9.59 Å². The van der Waals surface area contributed by atoms with Gasteiger partial charge < -0.3 is 10.1 Å². The minimum absolute atomic E-state index is 0.0121. The van der Waals surface area contributed by atoms with E-state index in [9.17, 15) is 24.0 Å². The largest absolute Gasteiger partial charge is 0.454 e. The van der Waals surface area contributed by atoms with Crippen LogP contribution < -0.4 is 5.32 Å². The van der Waals surface area contributed by atoms with Crippen LogP contribution in [0.5, 0.6) is 0 Å². The van der Waals surface area contributed by atoms with Crippen molar-refractivity contribution in [3.05, 3.63) is 35.4 Å². The van der Waals surface area contributed by atoms with Gasteiger partial charge in [0.05, 0.1) is 11.1 Å². The summed E-state index contributed by atoms with van der Waals surface area (Å²) in [5, 5.41) is 2.48. The number of hydrogen-bond donors (Lipinski definition) is 1. The predicted molar refractivity (Wildman–Crippen MR) is 96.3 cm³/mol. The standard InChI is InChI=1S/C19H21N3O6/c1-11(2)9-14(18(26)28-10-15(23)21-8-7-20-19(21)27)22-16(24)12-5-3-4-6-13(12)17(22)25/h3-6,11,14H,7-10H2,1-2H3,(H,20,27)/t14-/m1/s1. The lowest BCUT2D eigenvalue weighted by Gasteiger charge is -2.26. The normalized spacial score (nSPS) is 17.0. The Hall–Kier alpha value is -3.23. The van der Waals surface area contributed by atoms with Crippen molar-refractivity contribution >= 4 is 29.7 Å². The van der Waals surface area contributed by atoms with E-state index in [0.29, 0.717) is 6.54 Å². The lowest BCUT2D eigenvalue weighted by Crippen LogP contribution is -2.47. The van der Waals surface area contributed by atoms with Crippen molar-refractivity contribution in [2.45, 2.75) is 26.3 Å². The molecule has 28 heavy (non-hydrogen) atoms. The molecular formula is C19H21N3O6. The summed E-state index contributed by atoms with van der Waals surface area (Å²) in [6.45, 7) is 3.59. The summed E-state index contributed by atoms with van der Waals surface area (Å²) in [7, 11) is 0. The van der Waals surface area contributed by atoms with Crippen LogP contribution in [0, 0.1) is 5.92 Å².